The van der Waals surface area contributed by atoms with Gasteiger partial charge in [0.25, 0.3) is 0 Å². The van der Waals surface area contributed by atoms with Crippen LogP contribution in [0.4, 0.5) is 20.4 Å². The number of hydrogen-bond acceptors (Lipinski definition) is 7. The number of benzene rings is 2. The molecule has 6 rings (SSSR count). The quantitative estimate of drug-likeness (QED) is 0.410. The molecule has 2 aromatic carbocycles. The zero-order chi connectivity index (χ0) is 25.2. The van der Waals surface area contributed by atoms with E-state index in [1.807, 2.05) is 35.2 Å². The van der Waals surface area contributed by atoms with Crippen molar-refractivity contribution >= 4 is 22.7 Å². The molecule has 0 aliphatic carbocycles. The minimum atomic E-state index is -0.575. The van der Waals surface area contributed by atoms with Crippen molar-refractivity contribution in [3.8, 4) is 5.69 Å². The Hall–Kier alpha value is -3.44. The Kier molecular flexibility index (Phi) is 6.79. The molecule has 2 saturated heterocycles. The minimum absolute atomic E-state index is 0.0672. The van der Waals surface area contributed by atoms with Crippen LogP contribution in [0.2, 0.25) is 0 Å². The monoisotopic (exact) mass is 506 g/mol. The summed E-state index contributed by atoms with van der Waals surface area (Å²) in [6, 6.07) is 12.7. The lowest BCUT2D eigenvalue weighted by atomic mass is 10.1. The van der Waals surface area contributed by atoms with E-state index in [9.17, 15) is 0 Å². The zero-order valence-corrected chi connectivity index (χ0v) is 20.3. The number of rotatable bonds is 6. The summed E-state index contributed by atoms with van der Waals surface area (Å²) in [5.41, 5.74) is 2.97. The van der Waals surface area contributed by atoms with E-state index in [1.165, 1.54) is 12.1 Å². The average molecular weight is 507 g/mol. The summed E-state index contributed by atoms with van der Waals surface area (Å²) in [7, 11) is 0. The number of aromatic nitrogens is 3. The molecule has 4 heterocycles. The normalized spacial score (nSPS) is 18.8. The highest BCUT2D eigenvalue weighted by Gasteiger charge is 2.19. The van der Waals surface area contributed by atoms with Gasteiger partial charge in [0.15, 0.2) is 0 Å². The van der Waals surface area contributed by atoms with Gasteiger partial charge in [0.05, 0.1) is 38.2 Å². The number of halogens is 2. The van der Waals surface area contributed by atoms with Crippen molar-refractivity contribution in [1.82, 2.24) is 24.8 Å². The van der Waals surface area contributed by atoms with Gasteiger partial charge in [-0.05, 0) is 35.9 Å². The van der Waals surface area contributed by atoms with Gasteiger partial charge in [-0.25, -0.2) is 13.8 Å². The van der Waals surface area contributed by atoms with Crippen molar-refractivity contribution in [2.24, 2.45) is 0 Å². The van der Waals surface area contributed by atoms with Gasteiger partial charge in [-0.3, -0.25) is 4.90 Å². The summed E-state index contributed by atoms with van der Waals surface area (Å²) in [6.45, 7) is 4.89. The first-order chi connectivity index (χ1) is 18.1. The van der Waals surface area contributed by atoms with Gasteiger partial charge in [0, 0.05) is 55.2 Å². The van der Waals surface area contributed by atoms with Crippen LogP contribution < -0.4 is 10.6 Å². The molecule has 0 saturated carbocycles. The summed E-state index contributed by atoms with van der Waals surface area (Å²) in [4.78, 5) is 11.0. The van der Waals surface area contributed by atoms with Crippen molar-refractivity contribution in [2.45, 2.75) is 12.6 Å². The molecule has 1 unspecified atom stereocenters. The van der Waals surface area contributed by atoms with E-state index in [0.29, 0.717) is 50.2 Å². The average Bonchev–Trinajstić information content (AvgIpc) is 3.35. The first-order valence-corrected chi connectivity index (χ1v) is 12.4. The Bertz CT molecular complexity index is 1360. The van der Waals surface area contributed by atoms with Crippen LogP contribution in [-0.4, -0.2) is 65.5 Å². The molecule has 2 N–H and O–H groups in total. The van der Waals surface area contributed by atoms with Crippen molar-refractivity contribution in [3.05, 3.63) is 77.6 Å². The molecular weight excluding hydrogens is 478 g/mol. The van der Waals surface area contributed by atoms with E-state index >= 15 is 8.78 Å². The molecule has 2 aliphatic rings. The van der Waals surface area contributed by atoms with Gasteiger partial charge in [-0.2, -0.15) is 4.98 Å². The number of nitrogens with zero attached hydrogens (tertiary/aromatic N) is 4. The molecule has 37 heavy (non-hydrogen) atoms. The van der Waals surface area contributed by atoms with Crippen molar-refractivity contribution in [1.29, 1.82) is 0 Å². The highest BCUT2D eigenvalue weighted by molar-refractivity contribution is 5.78. The first-order valence-electron chi connectivity index (χ1n) is 12.4. The maximum absolute atomic E-state index is 15.0. The van der Waals surface area contributed by atoms with Gasteiger partial charge in [0.1, 0.15) is 17.3 Å². The topological polar surface area (TPSA) is 76.5 Å². The highest BCUT2D eigenvalue weighted by atomic mass is 19.1. The second-order valence-corrected chi connectivity index (χ2v) is 9.26. The van der Waals surface area contributed by atoms with Crippen molar-refractivity contribution in [3.63, 3.8) is 0 Å². The van der Waals surface area contributed by atoms with E-state index in [4.69, 9.17) is 9.47 Å². The standard InChI is InChI=1S/C27H28F2N6O2/c28-23-13-21(14-24(29)22(23)16-34-8-11-36-12-9-34)35-7-5-19-15-31-27(33-26(19)35)32-20-3-1-18(2-4-20)25-17-37-10-6-30-25/h1-5,7,13-15,25,30H,6,8-12,16-17H2,(H,31,32,33). The fourth-order valence-corrected chi connectivity index (χ4v) is 4.76. The predicted octanol–water partition coefficient (Wildman–Crippen LogP) is 3.94. The first kappa shape index (κ1) is 23.9. The van der Waals surface area contributed by atoms with Crippen LogP contribution in [0.5, 0.6) is 0 Å². The molecule has 0 amide bonds. The number of ether oxygens (including phenoxy) is 2. The van der Waals surface area contributed by atoms with Crippen LogP contribution in [0.25, 0.3) is 16.7 Å². The fraction of sp³-hybridized carbons (Fsp3) is 0.333. The highest BCUT2D eigenvalue weighted by Crippen LogP contribution is 2.26. The second kappa shape index (κ2) is 10.5. The molecule has 2 aromatic heterocycles. The number of fused-ring (bicyclic) bond motifs is 1. The molecule has 10 heteroatoms. The Balaban J connectivity index is 1.23. The minimum Gasteiger partial charge on any atom is -0.379 e. The van der Waals surface area contributed by atoms with Gasteiger partial charge in [-0.15, -0.1) is 0 Å². The lowest BCUT2D eigenvalue weighted by molar-refractivity contribution is 0.0332. The Morgan fingerprint density at radius 3 is 2.51 bits per heavy atom. The number of hydrogen-bond donors (Lipinski definition) is 2. The summed E-state index contributed by atoms with van der Waals surface area (Å²) in [5.74, 6) is -0.758. The molecular formula is C27H28F2N6O2. The van der Waals surface area contributed by atoms with Crippen LogP contribution >= 0.6 is 0 Å². The van der Waals surface area contributed by atoms with Crippen LogP contribution in [-0.2, 0) is 16.0 Å². The van der Waals surface area contributed by atoms with Gasteiger partial charge < -0.3 is 24.7 Å². The molecule has 192 valence electrons. The third kappa shape index (κ3) is 5.19. The molecule has 0 radical (unpaired) electrons. The van der Waals surface area contributed by atoms with Crippen molar-refractivity contribution < 1.29 is 18.3 Å². The van der Waals surface area contributed by atoms with E-state index in [-0.39, 0.29) is 18.2 Å². The van der Waals surface area contributed by atoms with E-state index in [0.717, 1.165) is 29.8 Å². The van der Waals surface area contributed by atoms with Crippen LogP contribution in [0.15, 0.2) is 54.9 Å². The Morgan fingerprint density at radius 1 is 1.00 bits per heavy atom. The van der Waals surface area contributed by atoms with Gasteiger partial charge >= 0.3 is 0 Å². The van der Waals surface area contributed by atoms with Crippen LogP contribution in [0.3, 0.4) is 0 Å². The fourth-order valence-electron chi connectivity index (χ4n) is 4.76. The van der Waals surface area contributed by atoms with Gasteiger partial charge in [0.2, 0.25) is 5.95 Å². The Morgan fingerprint density at radius 2 is 1.78 bits per heavy atom. The van der Waals surface area contributed by atoms with Crippen LogP contribution in [0.1, 0.15) is 17.2 Å². The predicted molar refractivity (Wildman–Crippen MR) is 136 cm³/mol. The third-order valence-electron chi connectivity index (χ3n) is 6.81. The molecule has 0 bridgehead atoms. The van der Waals surface area contributed by atoms with E-state index < -0.39 is 11.6 Å². The number of morpholine rings is 2. The number of anilines is 2. The van der Waals surface area contributed by atoms with Gasteiger partial charge in [-0.1, -0.05) is 12.1 Å². The maximum Gasteiger partial charge on any atom is 0.229 e. The summed E-state index contributed by atoms with van der Waals surface area (Å²) in [6.07, 6.45) is 3.44. The molecule has 2 aliphatic heterocycles. The Labute approximate surface area is 213 Å². The third-order valence-corrected chi connectivity index (χ3v) is 6.81. The molecule has 8 nitrogen and oxygen atoms in total. The molecule has 4 aromatic rings. The maximum atomic E-state index is 15.0. The zero-order valence-electron chi connectivity index (χ0n) is 20.3. The SMILES string of the molecule is Fc1cc(-n2ccc3cnc(Nc4ccc(C5COCCN5)cc4)nc32)cc(F)c1CN1CCOCC1. The second-order valence-electron chi connectivity index (χ2n) is 9.26. The summed E-state index contributed by atoms with van der Waals surface area (Å²) >= 11 is 0. The number of nitrogens with one attached hydrogen (secondary N) is 2. The summed E-state index contributed by atoms with van der Waals surface area (Å²) in [5, 5.41) is 7.43. The molecule has 2 fully saturated rings. The molecule has 1 atom stereocenters. The van der Waals surface area contributed by atoms with E-state index in [2.05, 4.69) is 20.6 Å². The molecule has 0 spiro atoms. The lowest BCUT2D eigenvalue weighted by Gasteiger charge is -2.27. The smallest absolute Gasteiger partial charge is 0.229 e. The van der Waals surface area contributed by atoms with Crippen molar-refractivity contribution in [2.75, 3.05) is 51.4 Å². The van der Waals surface area contributed by atoms with Crippen LogP contribution in [0, 0.1) is 11.6 Å². The summed E-state index contributed by atoms with van der Waals surface area (Å²) < 4.78 is 42.6. The van der Waals surface area contributed by atoms with E-state index in [1.54, 1.807) is 17.0 Å². The largest absolute Gasteiger partial charge is 0.379 e. The lowest BCUT2D eigenvalue weighted by Crippen LogP contribution is -2.36.